The first kappa shape index (κ1) is 11.8. The zero-order valence-electron chi connectivity index (χ0n) is 9.37. The van der Waals surface area contributed by atoms with E-state index in [0.29, 0.717) is 0 Å². The molecule has 0 bridgehead atoms. The van der Waals surface area contributed by atoms with Gasteiger partial charge < -0.3 is 10.7 Å². The Morgan fingerprint density at radius 2 is 1.93 bits per heavy atom. The summed E-state index contributed by atoms with van der Waals surface area (Å²) in [6, 6.07) is 10.3. The van der Waals surface area contributed by atoms with E-state index in [-0.39, 0.29) is 0 Å². The second kappa shape index (κ2) is 7.07. The number of rotatable bonds is 3. The van der Waals surface area contributed by atoms with Crippen LogP contribution in [0.15, 0.2) is 36.5 Å². The van der Waals surface area contributed by atoms with Crippen LogP contribution in [0.1, 0.15) is 26.2 Å². The van der Waals surface area contributed by atoms with E-state index in [0.717, 1.165) is 6.54 Å². The maximum absolute atomic E-state index is 5.21. The predicted molar refractivity (Wildman–Crippen MR) is 66.9 cm³/mol. The molecule has 0 aliphatic carbocycles. The van der Waals surface area contributed by atoms with Crippen molar-refractivity contribution in [3.63, 3.8) is 0 Å². The maximum Gasteiger partial charge on any atom is 0.0453 e. The molecular formula is C13H20N2. The van der Waals surface area contributed by atoms with Crippen molar-refractivity contribution in [1.82, 2.24) is 4.98 Å². The summed E-state index contributed by atoms with van der Waals surface area (Å²) in [5.41, 5.74) is 6.42. The van der Waals surface area contributed by atoms with Crippen LogP contribution in [0, 0.1) is 0 Å². The fourth-order valence-electron chi connectivity index (χ4n) is 1.39. The van der Waals surface area contributed by atoms with Crippen molar-refractivity contribution >= 4 is 10.9 Å². The van der Waals surface area contributed by atoms with Crippen molar-refractivity contribution in [2.45, 2.75) is 26.2 Å². The molecule has 15 heavy (non-hydrogen) atoms. The summed E-state index contributed by atoms with van der Waals surface area (Å²) in [4.78, 5) is 3.12. The minimum Gasteiger partial charge on any atom is -0.361 e. The van der Waals surface area contributed by atoms with Gasteiger partial charge in [0.1, 0.15) is 0 Å². The second-order valence-electron chi connectivity index (χ2n) is 3.56. The van der Waals surface area contributed by atoms with Gasteiger partial charge in [0.2, 0.25) is 0 Å². The normalized spacial score (nSPS) is 9.73. The highest BCUT2D eigenvalue weighted by Crippen LogP contribution is 2.09. The van der Waals surface area contributed by atoms with Gasteiger partial charge in [-0.1, -0.05) is 38.0 Å². The molecule has 0 saturated carbocycles. The van der Waals surface area contributed by atoms with E-state index in [9.17, 15) is 0 Å². The zero-order valence-corrected chi connectivity index (χ0v) is 9.37. The summed E-state index contributed by atoms with van der Waals surface area (Å²) < 4.78 is 0. The molecule has 0 aliphatic heterocycles. The molecule has 0 saturated heterocycles. The van der Waals surface area contributed by atoms with E-state index in [1.165, 1.54) is 30.2 Å². The number of nitrogens with two attached hydrogens (primary N) is 1. The van der Waals surface area contributed by atoms with Gasteiger partial charge in [-0.05, 0) is 30.5 Å². The van der Waals surface area contributed by atoms with Crippen LogP contribution in [0.5, 0.6) is 0 Å². The quantitative estimate of drug-likeness (QED) is 0.740. The lowest BCUT2D eigenvalue weighted by atomic mass is 10.3. The van der Waals surface area contributed by atoms with E-state index < -0.39 is 0 Å². The molecule has 0 fully saturated rings. The van der Waals surface area contributed by atoms with Crippen molar-refractivity contribution in [1.29, 1.82) is 0 Å². The highest BCUT2D eigenvalue weighted by Gasteiger charge is 1.86. The number of hydrogen-bond donors (Lipinski definition) is 2. The first-order chi connectivity index (χ1) is 7.38. The van der Waals surface area contributed by atoms with Gasteiger partial charge >= 0.3 is 0 Å². The lowest BCUT2D eigenvalue weighted by Crippen LogP contribution is -1.96. The van der Waals surface area contributed by atoms with E-state index in [4.69, 9.17) is 5.73 Å². The number of fused-ring (bicyclic) bond motifs is 1. The van der Waals surface area contributed by atoms with Crippen molar-refractivity contribution < 1.29 is 0 Å². The monoisotopic (exact) mass is 204 g/mol. The molecule has 2 nitrogen and oxygen atoms in total. The number of aromatic nitrogens is 1. The second-order valence-corrected chi connectivity index (χ2v) is 3.56. The average Bonchev–Trinajstić information content (AvgIpc) is 2.75. The van der Waals surface area contributed by atoms with Crippen LogP contribution in [0.25, 0.3) is 10.9 Å². The van der Waals surface area contributed by atoms with Gasteiger partial charge in [-0.15, -0.1) is 0 Å². The number of nitrogens with one attached hydrogen (secondary N) is 1. The SMILES string of the molecule is CCCCCN.c1ccc2[nH]ccc2c1. The van der Waals surface area contributed by atoms with Crippen LogP contribution in [-0.2, 0) is 0 Å². The molecule has 0 atom stereocenters. The Labute approximate surface area is 91.5 Å². The van der Waals surface area contributed by atoms with Crippen molar-refractivity contribution in [2.75, 3.05) is 6.54 Å². The van der Waals surface area contributed by atoms with Crippen molar-refractivity contribution in [3.05, 3.63) is 36.5 Å². The van der Waals surface area contributed by atoms with E-state index in [1.807, 2.05) is 18.3 Å². The Morgan fingerprint density at radius 1 is 1.13 bits per heavy atom. The Bertz CT molecular complexity index is 331. The number of aromatic amines is 1. The van der Waals surface area contributed by atoms with Crippen LogP contribution in [0.3, 0.4) is 0 Å². The Hall–Kier alpha value is -1.28. The van der Waals surface area contributed by atoms with Gasteiger partial charge in [0.25, 0.3) is 0 Å². The van der Waals surface area contributed by atoms with Gasteiger partial charge in [-0.25, -0.2) is 0 Å². The number of hydrogen-bond acceptors (Lipinski definition) is 1. The summed E-state index contributed by atoms with van der Waals surface area (Å²) in [7, 11) is 0. The maximum atomic E-state index is 5.21. The lowest BCUT2D eigenvalue weighted by Gasteiger charge is -1.86. The summed E-state index contributed by atoms with van der Waals surface area (Å²) in [6.07, 6.45) is 5.70. The van der Waals surface area contributed by atoms with Gasteiger partial charge in [-0.3, -0.25) is 0 Å². The van der Waals surface area contributed by atoms with Gasteiger partial charge in [0.15, 0.2) is 0 Å². The van der Waals surface area contributed by atoms with Gasteiger partial charge in [-0.2, -0.15) is 0 Å². The molecule has 0 amide bonds. The Morgan fingerprint density at radius 3 is 2.53 bits per heavy atom. The Kier molecular flexibility index (Phi) is 5.56. The molecule has 3 N–H and O–H groups in total. The first-order valence-corrected chi connectivity index (χ1v) is 5.60. The van der Waals surface area contributed by atoms with E-state index in [1.54, 1.807) is 0 Å². The third kappa shape index (κ3) is 4.17. The summed E-state index contributed by atoms with van der Waals surface area (Å²) in [6.45, 7) is 3.03. The number of H-pyrrole nitrogens is 1. The van der Waals surface area contributed by atoms with E-state index >= 15 is 0 Å². The summed E-state index contributed by atoms with van der Waals surface area (Å²) >= 11 is 0. The number of para-hydroxylation sites is 1. The summed E-state index contributed by atoms with van der Waals surface area (Å²) in [5.74, 6) is 0. The molecule has 0 unspecified atom stereocenters. The molecule has 2 rings (SSSR count). The minimum absolute atomic E-state index is 0.855. The van der Waals surface area contributed by atoms with Crippen molar-refractivity contribution in [2.24, 2.45) is 5.73 Å². The third-order valence-corrected chi connectivity index (χ3v) is 2.27. The topological polar surface area (TPSA) is 41.8 Å². The summed E-state index contributed by atoms with van der Waals surface area (Å²) in [5, 5.41) is 1.28. The molecule has 2 aromatic rings. The molecule has 0 aliphatic rings. The molecular weight excluding hydrogens is 184 g/mol. The van der Waals surface area contributed by atoms with Crippen LogP contribution in [0.2, 0.25) is 0 Å². The fraction of sp³-hybridized carbons (Fsp3) is 0.385. The molecule has 0 radical (unpaired) electrons. The number of benzene rings is 1. The average molecular weight is 204 g/mol. The molecule has 1 aromatic carbocycles. The molecule has 1 heterocycles. The van der Waals surface area contributed by atoms with Gasteiger partial charge in [0, 0.05) is 11.7 Å². The van der Waals surface area contributed by atoms with E-state index in [2.05, 4.69) is 30.1 Å². The Balaban J connectivity index is 0.000000167. The highest BCUT2D eigenvalue weighted by atomic mass is 14.7. The van der Waals surface area contributed by atoms with Crippen molar-refractivity contribution in [3.8, 4) is 0 Å². The highest BCUT2D eigenvalue weighted by molar-refractivity contribution is 5.78. The van der Waals surface area contributed by atoms with Crippen LogP contribution in [-0.4, -0.2) is 11.5 Å². The van der Waals surface area contributed by atoms with Crippen LogP contribution < -0.4 is 5.73 Å². The molecule has 2 heteroatoms. The predicted octanol–water partition coefficient (Wildman–Crippen LogP) is 3.30. The minimum atomic E-state index is 0.855. The van der Waals surface area contributed by atoms with Crippen LogP contribution >= 0.6 is 0 Å². The molecule has 82 valence electrons. The largest absolute Gasteiger partial charge is 0.361 e. The lowest BCUT2D eigenvalue weighted by molar-refractivity contribution is 0.727. The smallest absolute Gasteiger partial charge is 0.0453 e. The third-order valence-electron chi connectivity index (χ3n) is 2.27. The van der Waals surface area contributed by atoms with Gasteiger partial charge in [0.05, 0.1) is 0 Å². The fourth-order valence-corrected chi connectivity index (χ4v) is 1.39. The first-order valence-electron chi connectivity index (χ1n) is 5.60. The standard InChI is InChI=1S/C8H7N.C5H13N/c1-2-4-8-7(3-1)5-6-9-8;1-2-3-4-5-6/h1-6,9H;2-6H2,1H3. The van der Waals surface area contributed by atoms with Crippen LogP contribution in [0.4, 0.5) is 0 Å². The molecule has 0 spiro atoms. The zero-order chi connectivity index (χ0) is 10.9. The molecule has 1 aromatic heterocycles. The number of unbranched alkanes of at least 4 members (excludes halogenated alkanes) is 2.